The minimum Gasteiger partial charge on any atom is -0.384 e. The third-order valence-electron chi connectivity index (χ3n) is 4.83. The van der Waals surface area contributed by atoms with Gasteiger partial charge >= 0.3 is 0 Å². The topological polar surface area (TPSA) is 28.2 Å². The minimum atomic E-state index is 0.772. The summed E-state index contributed by atoms with van der Waals surface area (Å²) in [6.07, 6.45) is 7.18. The highest BCUT2D eigenvalue weighted by Gasteiger charge is 2.22. The third kappa shape index (κ3) is 3.61. The molecular formula is C18H24BrN3. The zero-order valence-corrected chi connectivity index (χ0v) is 14.9. The number of benzene rings is 1. The lowest BCUT2D eigenvalue weighted by molar-refractivity contribution is 0.198. The molecule has 2 aromatic rings. The second-order valence-corrected chi connectivity index (χ2v) is 7.45. The number of nitrogens with one attached hydrogen (secondary N) is 1. The van der Waals surface area contributed by atoms with Crippen LogP contribution >= 0.6 is 15.9 Å². The Morgan fingerprint density at radius 1 is 1.18 bits per heavy atom. The van der Waals surface area contributed by atoms with E-state index in [-0.39, 0.29) is 0 Å². The molecule has 0 aliphatic heterocycles. The molecule has 1 aliphatic carbocycles. The van der Waals surface area contributed by atoms with E-state index in [2.05, 4.69) is 63.4 Å². The fourth-order valence-electron chi connectivity index (χ4n) is 3.39. The van der Waals surface area contributed by atoms with Crippen LogP contribution in [0, 0.1) is 5.92 Å². The first-order valence-corrected chi connectivity index (χ1v) is 8.87. The molecule has 1 aromatic heterocycles. The van der Waals surface area contributed by atoms with Crippen molar-refractivity contribution in [1.82, 2.24) is 9.88 Å². The fraction of sp³-hybridized carbons (Fsp3) is 0.500. The van der Waals surface area contributed by atoms with Crippen molar-refractivity contribution >= 4 is 32.5 Å². The van der Waals surface area contributed by atoms with Gasteiger partial charge in [0, 0.05) is 34.3 Å². The summed E-state index contributed by atoms with van der Waals surface area (Å²) < 4.78 is 1.10. The summed E-state index contributed by atoms with van der Waals surface area (Å²) in [5.41, 5.74) is 2.24. The summed E-state index contributed by atoms with van der Waals surface area (Å²) >= 11 is 3.55. The normalized spacial score (nSPS) is 22.2. The first-order valence-electron chi connectivity index (χ1n) is 8.08. The van der Waals surface area contributed by atoms with Crippen LogP contribution < -0.4 is 5.32 Å². The van der Waals surface area contributed by atoms with E-state index in [0.29, 0.717) is 0 Å². The largest absolute Gasteiger partial charge is 0.384 e. The lowest BCUT2D eigenvalue weighted by Crippen LogP contribution is -2.33. The van der Waals surface area contributed by atoms with Crippen LogP contribution in [0.3, 0.4) is 0 Å². The van der Waals surface area contributed by atoms with Crippen molar-refractivity contribution in [2.75, 3.05) is 26.0 Å². The molecule has 1 saturated carbocycles. The molecule has 1 N–H and O–H groups in total. The number of rotatable bonds is 4. The Labute approximate surface area is 141 Å². The van der Waals surface area contributed by atoms with Crippen molar-refractivity contribution < 1.29 is 0 Å². The lowest BCUT2D eigenvalue weighted by atomic mass is 9.85. The van der Waals surface area contributed by atoms with Crippen LogP contribution in [-0.2, 0) is 0 Å². The van der Waals surface area contributed by atoms with Crippen molar-refractivity contribution in [3.63, 3.8) is 0 Å². The summed E-state index contributed by atoms with van der Waals surface area (Å²) in [6.45, 7) is 1.06. The van der Waals surface area contributed by atoms with Gasteiger partial charge in [0.1, 0.15) is 0 Å². The first kappa shape index (κ1) is 15.8. The molecule has 118 valence electrons. The van der Waals surface area contributed by atoms with E-state index in [0.717, 1.165) is 28.5 Å². The first-order chi connectivity index (χ1) is 10.6. The van der Waals surface area contributed by atoms with Crippen molar-refractivity contribution in [3.05, 3.63) is 34.9 Å². The van der Waals surface area contributed by atoms with Crippen LogP contribution in [0.25, 0.3) is 10.9 Å². The van der Waals surface area contributed by atoms with Gasteiger partial charge in [0.05, 0.1) is 5.52 Å². The number of hydrogen-bond acceptors (Lipinski definition) is 3. The quantitative estimate of drug-likeness (QED) is 0.866. The third-order valence-corrected chi connectivity index (χ3v) is 5.32. The average molecular weight is 362 g/mol. The summed E-state index contributed by atoms with van der Waals surface area (Å²) in [7, 11) is 4.40. The highest BCUT2D eigenvalue weighted by molar-refractivity contribution is 9.10. The Kier molecular flexibility index (Phi) is 4.99. The number of aromatic nitrogens is 1. The molecule has 3 nitrogen and oxygen atoms in total. The van der Waals surface area contributed by atoms with Gasteiger partial charge in [-0.3, -0.25) is 4.98 Å². The second-order valence-electron chi connectivity index (χ2n) is 6.54. The summed E-state index contributed by atoms with van der Waals surface area (Å²) in [6, 6.07) is 9.11. The van der Waals surface area contributed by atoms with E-state index in [1.54, 1.807) is 0 Å². The number of anilines is 1. The number of fused-ring (bicyclic) bond motifs is 1. The van der Waals surface area contributed by atoms with E-state index in [1.165, 1.54) is 36.8 Å². The van der Waals surface area contributed by atoms with Crippen molar-refractivity contribution in [2.45, 2.75) is 31.7 Å². The zero-order valence-electron chi connectivity index (χ0n) is 13.3. The summed E-state index contributed by atoms with van der Waals surface area (Å²) in [5.74, 6) is 0.784. The second kappa shape index (κ2) is 6.97. The maximum Gasteiger partial charge on any atom is 0.0723 e. The molecule has 1 heterocycles. The van der Waals surface area contributed by atoms with Gasteiger partial charge in [0.2, 0.25) is 0 Å². The molecule has 0 unspecified atom stereocenters. The zero-order chi connectivity index (χ0) is 15.5. The predicted octanol–water partition coefficient (Wildman–Crippen LogP) is 4.53. The molecule has 22 heavy (non-hydrogen) atoms. The molecule has 0 radical (unpaired) electrons. The van der Waals surface area contributed by atoms with Crippen LogP contribution in [0.5, 0.6) is 0 Å². The molecule has 0 spiro atoms. The molecule has 1 aromatic carbocycles. The van der Waals surface area contributed by atoms with E-state index in [4.69, 9.17) is 0 Å². The molecular weight excluding hydrogens is 338 g/mol. The average Bonchev–Trinajstić information content (AvgIpc) is 2.53. The molecule has 1 aliphatic rings. The lowest BCUT2D eigenvalue weighted by Gasteiger charge is -2.32. The van der Waals surface area contributed by atoms with E-state index >= 15 is 0 Å². The monoisotopic (exact) mass is 361 g/mol. The smallest absolute Gasteiger partial charge is 0.0723 e. The predicted molar refractivity (Wildman–Crippen MR) is 97.4 cm³/mol. The van der Waals surface area contributed by atoms with Crippen LogP contribution in [0.2, 0.25) is 0 Å². The maximum absolute atomic E-state index is 4.44. The molecule has 0 atom stereocenters. The summed E-state index contributed by atoms with van der Waals surface area (Å²) in [5, 5.41) is 4.85. The molecule has 0 amide bonds. The van der Waals surface area contributed by atoms with Gasteiger partial charge in [-0.05, 0) is 70.0 Å². The molecule has 0 bridgehead atoms. The van der Waals surface area contributed by atoms with Gasteiger partial charge in [-0.2, -0.15) is 0 Å². The van der Waals surface area contributed by atoms with Crippen LogP contribution in [0.1, 0.15) is 25.7 Å². The van der Waals surface area contributed by atoms with Gasteiger partial charge in [0.25, 0.3) is 0 Å². The molecule has 0 saturated heterocycles. The fourth-order valence-corrected chi connectivity index (χ4v) is 3.75. The number of halogens is 1. The number of hydrogen-bond donors (Lipinski definition) is 1. The SMILES string of the molecule is CN(C)C1CCC(CNc2ccnc3ccc(Br)cc23)CC1. The van der Waals surface area contributed by atoms with Gasteiger partial charge in [0.15, 0.2) is 0 Å². The van der Waals surface area contributed by atoms with Crippen molar-refractivity contribution in [2.24, 2.45) is 5.92 Å². The van der Waals surface area contributed by atoms with Crippen molar-refractivity contribution in [3.8, 4) is 0 Å². The number of pyridine rings is 1. The molecule has 1 fully saturated rings. The van der Waals surface area contributed by atoms with Gasteiger partial charge in [-0.15, -0.1) is 0 Å². The minimum absolute atomic E-state index is 0.772. The molecule has 4 heteroatoms. The maximum atomic E-state index is 4.44. The Morgan fingerprint density at radius 3 is 2.68 bits per heavy atom. The Balaban J connectivity index is 1.64. The van der Waals surface area contributed by atoms with Crippen molar-refractivity contribution in [1.29, 1.82) is 0 Å². The highest BCUT2D eigenvalue weighted by atomic mass is 79.9. The Hall–Kier alpha value is -1.13. The summed E-state index contributed by atoms with van der Waals surface area (Å²) in [4.78, 5) is 6.81. The van der Waals surface area contributed by atoms with Crippen LogP contribution in [0.15, 0.2) is 34.9 Å². The van der Waals surface area contributed by atoms with Crippen LogP contribution in [-0.4, -0.2) is 36.6 Å². The van der Waals surface area contributed by atoms with Gasteiger partial charge < -0.3 is 10.2 Å². The number of nitrogens with zero attached hydrogens (tertiary/aromatic N) is 2. The highest BCUT2D eigenvalue weighted by Crippen LogP contribution is 2.29. The Bertz CT molecular complexity index is 633. The van der Waals surface area contributed by atoms with E-state index in [1.807, 2.05) is 12.3 Å². The van der Waals surface area contributed by atoms with Gasteiger partial charge in [-0.25, -0.2) is 0 Å². The molecule has 3 rings (SSSR count). The Morgan fingerprint density at radius 2 is 1.95 bits per heavy atom. The standard InChI is InChI=1S/C18H24BrN3/c1-22(2)15-6-3-13(4-7-15)12-21-18-9-10-20-17-8-5-14(19)11-16(17)18/h5,8-11,13,15H,3-4,6-7,12H2,1-2H3,(H,20,21). The van der Waals surface area contributed by atoms with E-state index in [9.17, 15) is 0 Å². The van der Waals surface area contributed by atoms with E-state index < -0.39 is 0 Å². The van der Waals surface area contributed by atoms with Gasteiger partial charge in [-0.1, -0.05) is 15.9 Å². The van der Waals surface area contributed by atoms with Crippen LogP contribution in [0.4, 0.5) is 5.69 Å².